The molecule has 0 aliphatic rings. The number of aliphatic carboxylic acids is 1. The Morgan fingerprint density at radius 2 is 1.73 bits per heavy atom. The maximum absolute atomic E-state index is 11.8. The number of rotatable bonds is 11. The minimum atomic E-state index is -0.863. The van der Waals surface area contributed by atoms with E-state index >= 15 is 0 Å². The van der Waals surface area contributed by atoms with Crippen molar-refractivity contribution < 1.29 is 24.1 Å². The van der Waals surface area contributed by atoms with Crippen molar-refractivity contribution in [3.8, 4) is 17.2 Å². The van der Waals surface area contributed by atoms with Gasteiger partial charge in [0.25, 0.3) is 0 Å². The number of carbonyl (C=O) groups is 1. The Hall–Kier alpha value is -3.42. The average molecular weight is 538 g/mol. The van der Waals surface area contributed by atoms with Crippen molar-refractivity contribution in [2.24, 2.45) is 0 Å². The van der Waals surface area contributed by atoms with Crippen LogP contribution in [0.2, 0.25) is 5.02 Å². The molecule has 0 saturated carbocycles. The average Bonchev–Trinajstić information content (AvgIpc) is 2.89. The lowest BCUT2D eigenvalue weighted by Crippen LogP contribution is -2.19. The van der Waals surface area contributed by atoms with Crippen molar-refractivity contribution in [3.63, 3.8) is 0 Å². The molecule has 1 atom stereocenters. The van der Waals surface area contributed by atoms with Gasteiger partial charge >= 0.3 is 5.97 Å². The molecule has 0 bridgehead atoms. The standard InChI is InChI=1S/C29H28ClNO5S/c1-18(2)36-28-20(16-31-26-13-10-23(34-3)15-25(26)28)17-35-22-8-4-19(5-9-22)14-27(29(32)33)37-24-11-6-21(30)7-12-24/h4-13,15-16,18,27H,14,17H2,1-3H3,(H,32,33). The van der Waals surface area contributed by atoms with Crippen LogP contribution in [-0.4, -0.2) is 34.5 Å². The Bertz CT molecular complexity index is 1360. The molecule has 6 nitrogen and oxygen atoms in total. The molecule has 0 fully saturated rings. The van der Waals surface area contributed by atoms with Gasteiger partial charge in [0, 0.05) is 21.5 Å². The molecule has 37 heavy (non-hydrogen) atoms. The van der Waals surface area contributed by atoms with Crippen molar-refractivity contribution in [2.45, 2.75) is 43.1 Å². The lowest BCUT2D eigenvalue weighted by Gasteiger charge is -2.17. The van der Waals surface area contributed by atoms with Gasteiger partial charge in [-0.25, -0.2) is 0 Å². The predicted molar refractivity (Wildman–Crippen MR) is 147 cm³/mol. The smallest absolute Gasteiger partial charge is 0.317 e. The summed E-state index contributed by atoms with van der Waals surface area (Å²) >= 11 is 7.24. The molecule has 1 heterocycles. The number of hydrogen-bond acceptors (Lipinski definition) is 6. The van der Waals surface area contributed by atoms with Crippen LogP contribution >= 0.6 is 23.4 Å². The van der Waals surface area contributed by atoms with Crippen LogP contribution in [0.4, 0.5) is 0 Å². The first-order chi connectivity index (χ1) is 17.8. The van der Waals surface area contributed by atoms with E-state index < -0.39 is 11.2 Å². The molecule has 0 amide bonds. The fourth-order valence-corrected chi connectivity index (χ4v) is 4.87. The lowest BCUT2D eigenvalue weighted by atomic mass is 10.1. The minimum Gasteiger partial charge on any atom is -0.497 e. The number of halogens is 1. The molecule has 0 saturated heterocycles. The molecule has 4 aromatic rings. The number of thioether (sulfide) groups is 1. The van der Waals surface area contributed by atoms with E-state index in [1.807, 2.05) is 68.4 Å². The number of benzene rings is 3. The molecule has 8 heteroatoms. The molecule has 3 aromatic carbocycles. The number of pyridine rings is 1. The second-order valence-electron chi connectivity index (χ2n) is 8.70. The fraction of sp³-hybridized carbons (Fsp3) is 0.241. The van der Waals surface area contributed by atoms with Crippen LogP contribution in [0.15, 0.2) is 77.8 Å². The fourth-order valence-electron chi connectivity index (χ4n) is 3.75. The SMILES string of the molecule is COc1ccc2ncc(COc3ccc(CC(Sc4ccc(Cl)cc4)C(=O)O)cc3)c(OC(C)C)c2c1. The Morgan fingerprint density at radius 1 is 1.03 bits per heavy atom. The first kappa shape index (κ1) is 26.6. The van der Waals surface area contributed by atoms with Gasteiger partial charge in [-0.3, -0.25) is 9.78 Å². The largest absolute Gasteiger partial charge is 0.497 e. The number of carboxylic acids is 1. The highest BCUT2D eigenvalue weighted by Gasteiger charge is 2.20. The number of aromatic nitrogens is 1. The summed E-state index contributed by atoms with van der Waals surface area (Å²) in [5, 5.41) is 10.6. The second kappa shape index (κ2) is 12.2. The molecular weight excluding hydrogens is 510 g/mol. The highest BCUT2D eigenvalue weighted by molar-refractivity contribution is 8.00. The van der Waals surface area contributed by atoms with Gasteiger partial charge in [-0.2, -0.15) is 0 Å². The zero-order valence-corrected chi connectivity index (χ0v) is 22.4. The summed E-state index contributed by atoms with van der Waals surface area (Å²) in [5.74, 6) is 1.25. The van der Waals surface area contributed by atoms with Crippen LogP contribution in [-0.2, 0) is 17.8 Å². The first-order valence-electron chi connectivity index (χ1n) is 11.8. The molecule has 192 valence electrons. The van der Waals surface area contributed by atoms with Gasteiger partial charge in [-0.1, -0.05) is 23.7 Å². The van der Waals surface area contributed by atoms with Gasteiger partial charge in [-0.05, 0) is 80.4 Å². The van der Waals surface area contributed by atoms with Crippen molar-refractivity contribution in [1.29, 1.82) is 0 Å². The van der Waals surface area contributed by atoms with Gasteiger partial charge in [-0.15, -0.1) is 11.8 Å². The van der Waals surface area contributed by atoms with E-state index in [1.165, 1.54) is 11.8 Å². The molecule has 0 spiro atoms. The number of fused-ring (bicyclic) bond motifs is 1. The third kappa shape index (κ3) is 7.08. The Kier molecular flexibility index (Phi) is 8.79. The zero-order valence-electron chi connectivity index (χ0n) is 20.8. The van der Waals surface area contributed by atoms with E-state index in [0.29, 0.717) is 17.2 Å². The Balaban J connectivity index is 1.46. The van der Waals surface area contributed by atoms with Crippen LogP contribution in [0, 0.1) is 0 Å². The number of methoxy groups -OCH3 is 1. The summed E-state index contributed by atoms with van der Waals surface area (Å²) in [7, 11) is 1.63. The van der Waals surface area contributed by atoms with Crippen LogP contribution in [0.3, 0.4) is 0 Å². The third-order valence-electron chi connectivity index (χ3n) is 5.56. The monoisotopic (exact) mass is 537 g/mol. The van der Waals surface area contributed by atoms with Crippen molar-refractivity contribution in [3.05, 3.63) is 89.1 Å². The van der Waals surface area contributed by atoms with Gasteiger partial charge in [0.05, 0.1) is 24.3 Å². The van der Waals surface area contributed by atoms with Crippen molar-refractivity contribution in [1.82, 2.24) is 4.98 Å². The normalized spacial score (nSPS) is 11.9. The maximum Gasteiger partial charge on any atom is 0.317 e. The zero-order chi connectivity index (χ0) is 26.4. The summed E-state index contributed by atoms with van der Waals surface area (Å²) in [5.41, 5.74) is 2.54. The van der Waals surface area contributed by atoms with Gasteiger partial charge < -0.3 is 19.3 Å². The summed E-state index contributed by atoms with van der Waals surface area (Å²) in [6, 6.07) is 20.3. The van der Waals surface area contributed by atoms with Gasteiger partial charge in [0.1, 0.15) is 29.1 Å². The van der Waals surface area contributed by atoms with Gasteiger partial charge in [0.15, 0.2) is 0 Å². The van der Waals surface area contributed by atoms with Crippen molar-refractivity contribution >= 4 is 40.2 Å². The third-order valence-corrected chi connectivity index (χ3v) is 7.01. The first-order valence-corrected chi connectivity index (χ1v) is 13.1. The van der Waals surface area contributed by atoms with E-state index in [1.54, 1.807) is 25.4 Å². The summed E-state index contributed by atoms with van der Waals surface area (Å²) in [6.45, 7) is 4.22. The lowest BCUT2D eigenvalue weighted by molar-refractivity contribution is -0.136. The molecule has 0 radical (unpaired) electrons. The molecule has 1 N–H and O–H groups in total. The topological polar surface area (TPSA) is 77.9 Å². The highest BCUT2D eigenvalue weighted by atomic mass is 35.5. The molecule has 4 rings (SSSR count). The molecule has 0 aliphatic heterocycles. The van der Waals surface area contributed by atoms with Crippen LogP contribution in [0.1, 0.15) is 25.0 Å². The highest BCUT2D eigenvalue weighted by Crippen LogP contribution is 2.33. The van der Waals surface area contributed by atoms with Crippen LogP contribution in [0.25, 0.3) is 10.9 Å². The molecule has 1 aromatic heterocycles. The van der Waals surface area contributed by atoms with E-state index in [0.717, 1.165) is 38.4 Å². The van der Waals surface area contributed by atoms with E-state index in [4.69, 9.17) is 25.8 Å². The second-order valence-corrected chi connectivity index (χ2v) is 10.4. The quantitative estimate of drug-likeness (QED) is 0.205. The predicted octanol–water partition coefficient (Wildman–Crippen LogP) is 7.05. The number of ether oxygens (including phenoxy) is 3. The number of carboxylic acid groups (broad SMARTS) is 1. The molecule has 0 aliphatic carbocycles. The Labute approximate surface area is 225 Å². The van der Waals surface area contributed by atoms with E-state index in [9.17, 15) is 9.90 Å². The van der Waals surface area contributed by atoms with Crippen molar-refractivity contribution in [2.75, 3.05) is 7.11 Å². The van der Waals surface area contributed by atoms with E-state index in [-0.39, 0.29) is 12.7 Å². The Morgan fingerprint density at radius 3 is 2.38 bits per heavy atom. The van der Waals surface area contributed by atoms with Crippen LogP contribution < -0.4 is 14.2 Å². The number of nitrogens with zero attached hydrogens (tertiary/aromatic N) is 1. The van der Waals surface area contributed by atoms with E-state index in [2.05, 4.69) is 4.98 Å². The summed E-state index contributed by atoms with van der Waals surface area (Å²) in [4.78, 5) is 17.3. The van der Waals surface area contributed by atoms with Crippen LogP contribution in [0.5, 0.6) is 17.2 Å². The summed E-state index contributed by atoms with van der Waals surface area (Å²) < 4.78 is 17.6. The van der Waals surface area contributed by atoms with Gasteiger partial charge in [0.2, 0.25) is 0 Å². The minimum absolute atomic E-state index is 0.0252. The summed E-state index contributed by atoms with van der Waals surface area (Å²) in [6.07, 6.45) is 2.13. The number of hydrogen-bond donors (Lipinski definition) is 1. The molecule has 1 unspecified atom stereocenters. The molecular formula is C29H28ClNO5S. The maximum atomic E-state index is 11.8.